The fourth-order valence-corrected chi connectivity index (χ4v) is 2.31. The molecule has 22 heavy (non-hydrogen) atoms. The van der Waals surface area contributed by atoms with E-state index in [9.17, 15) is 9.90 Å². The first kappa shape index (κ1) is 14.1. The number of aliphatic carboxylic acids is 1. The number of rotatable bonds is 4. The summed E-state index contributed by atoms with van der Waals surface area (Å²) in [6.07, 6.45) is 3.11. The molecule has 1 aromatic carbocycles. The molecule has 0 fully saturated rings. The van der Waals surface area contributed by atoms with Gasteiger partial charge in [0, 0.05) is 0 Å². The van der Waals surface area contributed by atoms with Crippen molar-refractivity contribution in [2.24, 2.45) is 0 Å². The number of carbonyl (C=O) groups is 1. The Morgan fingerprint density at radius 3 is 2.73 bits per heavy atom. The van der Waals surface area contributed by atoms with Crippen LogP contribution in [0.2, 0.25) is 0 Å². The lowest BCUT2D eigenvalue weighted by molar-refractivity contribution is -0.132. The van der Waals surface area contributed by atoms with Crippen LogP contribution in [0, 0.1) is 0 Å². The van der Waals surface area contributed by atoms with Gasteiger partial charge in [-0.1, -0.05) is 12.1 Å². The Labute approximate surface area is 127 Å². The van der Waals surface area contributed by atoms with Gasteiger partial charge in [-0.3, -0.25) is 0 Å². The summed E-state index contributed by atoms with van der Waals surface area (Å²) in [7, 11) is 0. The van der Waals surface area contributed by atoms with Gasteiger partial charge in [-0.2, -0.15) is 10.1 Å². The topological polar surface area (TPSA) is 89.3 Å². The van der Waals surface area contributed by atoms with Crippen LogP contribution in [-0.4, -0.2) is 31.9 Å². The Hall–Kier alpha value is -2.83. The van der Waals surface area contributed by atoms with Gasteiger partial charge >= 0.3 is 5.97 Å². The summed E-state index contributed by atoms with van der Waals surface area (Å²) in [5.74, 6) is 0.153. The summed E-state index contributed by atoms with van der Waals surface area (Å²) >= 11 is 0. The predicted octanol–water partition coefficient (Wildman–Crippen LogP) is 2.05. The van der Waals surface area contributed by atoms with Gasteiger partial charge < -0.3 is 15.2 Å². The number of anilines is 1. The number of hydrogen-bond acceptors (Lipinski definition) is 5. The molecule has 0 saturated heterocycles. The number of ether oxygens (including phenoxy) is 1. The number of nitrogens with zero attached hydrogens (tertiary/aromatic N) is 3. The Bertz CT molecular complexity index is 719. The molecule has 2 N–H and O–H groups in total. The normalized spacial score (nSPS) is 16.7. The van der Waals surface area contributed by atoms with E-state index in [4.69, 9.17) is 4.74 Å². The lowest BCUT2D eigenvalue weighted by Crippen LogP contribution is -2.24. The van der Waals surface area contributed by atoms with Crippen LogP contribution < -0.4 is 10.1 Å². The number of nitrogens with one attached hydrogen (secondary N) is 1. The van der Waals surface area contributed by atoms with Crippen molar-refractivity contribution in [1.82, 2.24) is 14.8 Å². The first-order chi connectivity index (χ1) is 10.5. The summed E-state index contributed by atoms with van der Waals surface area (Å²) in [4.78, 5) is 15.3. The highest BCUT2D eigenvalue weighted by Crippen LogP contribution is 2.29. The average molecular weight is 300 g/mol. The van der Waals surface area contributed by atoms with E-state index in [1.54, 1.807) is 10.8 Å². The molecule has 0 aliphatic carbocycles. The number of hydrogen-bond donors (Lipinski definition) is 2. The zero-order valence-electron chi connectivity index (χ0n) is 12.2. The van der Waals surface area contributed by atoms with Gasteiger partial charge in [0.25, 0.3) is 0 Å². The van der Waals surface area contributed by atoms with Crippen molar-refractivity contribution in [1.29, 1.82) is 0 Å². The number of aromatic nitrogens is 3. The Balaban J connectivity index is 1.95. The van der Waals surface area contributed by atoms with Crippen molar-refractivity contribution in [3.8, 4) is 5.75 Å². The fourth-order valence-electron chi connectivity index (χ4n) is 2.31. The van der Waals surface area contributed by atoms with Gasteiger partial charge in [-0.15, -0.1) is 0 Å². The summed E-state index contributed by atoms with van der Waals surface area (Å²) in [5, 5.41) is 16.1. The zero-order chi connectivity index (χ0) is 15.7. The minimum Gasteiger partial charge on any atom is -0.491 e. The molecule has 1 aromatic heterocycles. The second-order valence-corrected chi connectivity index (χ2v) is 5.22. The molecule has 114 valence electrons. The SMILES string of the molecule is CC(C)Oc1ccc([C@H]2C=C(C(=O)O)Nc3ncnn32)cc1. The van der Waals surface area contributed by atoms with Crippen LogP contribution in [0.25, 0.3) is 0 Å². The molecule has 7 nitrogen and oxygen atoms in total. The molecule has 0 bridgehead atoms. The fraction of sp³-hybridized carbons (Fsp3) is 0.267. The molecular weight excluding hydrogens is 284 g/mol. The summed E-state index contributed by atoms with van der Waals surface area (Å²) in [5.41, 5.74) is 0.996. The van der Waals surface area contributed by atoms with Gasteiger partial charge in [0.05, 0.1) is 6.10 Å². The van der Waals surface area contributed by atoms with Gasteiger partial charge in [0.15, 0.2) is 0 Å². The molecule has 1 aliphatic rings. The zero-order valence-corrected chi connectivity index (χ0v) is 12.2. The molecule has 0 radical (unpaired) electrons. The third-order valence-corrected chi connectivity index (χ3v) is 3.23. The molecule has 2 aromatic rings. The number of benzene rings is 1. The first-order valence-electron chi connectivity index (χ1n) is 6.93. The van der Waals surface area contributed by atoms with Crippen LogP contribution in [0.3, 0.4) is 0 Å². The molecule has 3 rings (SSSR count). The second-order valence-electron chi connectivity index (χ2n) is 5.22. The van der Waals surface area contributed by atoms with Crippen LogP contribution in [0.4, 0.5) is 5.95 Å². The lowest BCUT2D eigenvalue weighted by atomic mass is 10.0. The third kappa shape index (κ3) is 2.65. The van der Waals surface area contributed by atoms with Crippen molar-refractivity contribution >= 4 is 11.9 Å². The highest BCUT2D eigenvalue weighted by molar-refractivity contribution is 5.90. The summed E-state index contributed by atoms with van der Waals surface area (Å²) in [6, 6.07) is 7.20. The van der Waals surface area contributed by atoms with Gasteiger partial charge in [0.2, 0.25) is 5.95 Å². The quantitative estimate of drug-likeness (QED) is 0.898. The van der Waals surface area contributed by atoms with E-state index in [0.717, 1.165) is 11.3 Å². The maximum atomic E-state index is 11.2. The van der Waals surface area contributed by atoms with Crippen LogP contribution >= 0.6 is 0 Å². The first-order valence-corrected chi connectivity index (χ1v) is 6.93. The molecule has 0 amide bonds. The summed E-state index contributed by atoms with van der Waals surface area (Å²) < 4.78 is 7.26. The Morgan fingerprint density at radius 1 is 1.36 bits per heavy atom. The molecule has 7 heteroatoms. The van der Waals surface area contributed by atoms with E-state index in [2.05, 4.69) is 15.4 Å². The minimum atomic E-state index is -1.03. The highest BCUT2D eigenvalue weighted by Gasteiger charge is 2.25. The highest BCUT2D eigenvalue weighted by atomic mass is 16.5. The van der Waals surface area contributed by atoms with Gasteiger partial charge in [-0.05, 0) is 37.6 Å². The van der Waals surface area contributed by atoms with Crippen molar-refractivity contribution in [2.75, 3.05) is 5.32 Å². The van der Waals surface area contributed by atoms with Crippen molar-refractivity contribution in [3.05, 3.63) is 47.9 Å². The minimum absolute atomic E-state index is 0.0907. The van der Waals surface area contributed by atoms with E-state index >= 15 is 0 Å². The van der Waals surface area contributed by atoms with E-state index in [-0.39, 0.29) is 17.8 Å². The van der Waals surface area contributed by atoms with Gasteiger partial charge in [0.1, 0.15) is 23.8 Å². The van der Waals surface area contributed by atoms with Gasteiger partial charge in [-0.25, -0.2) is 9.48 Å². The molecule has 1 aliphatic heterocycles. The Kier molecular flexibility index (Phi) is 3.54. The van der Waals surface area contributed by atoms with Crippen LogP contribution in [0.15, 0.2) is 42.4 Å². The molecule has 1 atom stereocenters. The van der Waals surface area contributed by atoms with Crippen molar-refractivity contribution < 1.29 is 14.6 Å². The second kappa shape index (κ2) is 5.51. The van der Waals surface area contributed by atoms with E-state index in [1.165, 1.54) is 6.33 Å². The van der Waals surface area contributed by atoms with Crippen LogP contribution in [0.1, 0.15) is 25.5 Å². The average Bonchev–Trinajstić information content (AvgIpc) is 2.94. The molecular formula is C15H16N4O3. The third-order valence-electron chi connectivity index (χ3n) is 3.23. The molecule has 0 spiro atoms. The Morgan fingerprint density at radius 2 is 2.09 bits per heavy atom. The van der Waals surface area contributed by atoms with Crippen molar-refractivity contribution in [2.45, 2.75) is 26.0 Å². The van der Waals surface area contributed by atoms with Crippen LogP contribution in [0.5, 0.6) is 5.75 Å². The smallest absolute Gasteiger partial charge is 0.352 e. The van der Waals surface area contributed by atoms with E-state index in [0.29, 0.717) is 5.95 Å². The summed E-state index contributed by atoms with van der Waals surface area (Å²) in [6.45, 7) is 3.93. The number of allylic oxidation sites excluding steroid dienone is 1. The largest absolute Gasteiger partial charge is 0.491 e. The maximum absolute atomic E-state index is 11.2. The molecule has 0 saturated carbocycles. The predicted molar refractivity (Wildman–Crippen MR) is 79.7 cm³/mol. The maximum Gasteiger partial charge on any atom is 0.352 e. The standard InChI is InChI=1S/C15H16N4O3/c1-9(2)22-11-5-3-10(4-6-11)13-7-12(14(20)21)18-15-16-8-17-19(13)15/h3-9,13H,1-2H3,(H,20,21)(H,16,17,18)/t13-/m1/s1. The van der Waals surface area contributed by atoms with E-state index in [1.807, 2.05) is 38.1 Å². The monoisotopic (exact) mass is 300 g/mol. The van der Waals surface area contributed by atoms with Crippen molar-refractivity contribution in [3.63, 3.8) is 0 Å². The molecule has 2 heterocycles. The number of carboxylic acids is 1. The lowest BCUT2D eigenvalue weighted by Gasteiger charge is -2.22. The number of carboxylic acid groups (broad SMARTS) is 1. The van der Waals surface area contributed by atoms with Crippen LogP contribution in [-0.2, 0) is 4.79 Å². The molecule has 0 unspecified atom stereocenters. The number of fused-ring (bicyclic) bond motifs is 1. The van der Waals surface area contributed by atoms with E-state index < -0.39 is 5.97 Å².